The fraction of sp³-hybridized carbons (Fsp3) is 0. The van der Waals surface area contributed by atoms with Gasteiger partial charge in [-0.2, -0.15) is 5.26 Å². The van der Waals surface area contributed by atoms with Crippen molar-refractivity contribution in [3.63, 3.8) is 0 Å². The summed E-state index contributed by atoms with van der Waals surface area (Å²) in [5.41, 5.74) is 0.856. The highest BCUT2D eigenvalue weighted by atomic mass is 16.6. The quantitative estimate of drug-likeness (QED) is 0.356. The number of non-ortho nitro benzene ring substituents is 1. The Morgan fingerprint density at radius 3 is 2.46 bits per heavy atom. The van der Waals surface area contributed by atoms with Gasteiger partial charge in [0.25, 0.3) is 11.4 Å². The molecule has 0 N–H and O–H groups in total. The number of hydrogen-bond acceptors (Lipinski definition) is 5. The second-order valence-corrected chi connectivity index (χ2v) is 4.67. The molecule has 0 bridgehead atoms. The van der Waals surface area contributed by atoms with E-state index in [1.165, 1.54) is 42.5 Å². The van der Waals surface area contributed by atoms with Crippen molar-refractivity contribution in [3.8, 4) is 6.07 Å². The van der Waals surface area contributed by atoms with Gasteiger partial charge in [0.1, 0.15) is 0 Å². The van der Waals surface area contributed by atoms with Gasteiger partial charge in [0.15, 0.2) is 0 Å². The lowest BCUT2D eigenvalue weighted by Gasteiger charge is -1.98. The van der Waals surface area contributed by atoms with Crippen molar-refractivity contribution in [2.45, 2.75) is 0 Å². The smallest absolute Gasteiger partial charge is 0.258 e. The average molecular weight is 321 g/mol. The summed E-state index contributed by atoms with van der Waals surface area (Å²) in [6, 6.07) is 13.9. The predicted octanol–water partition coefficient (Wildman–Crippen LogP) is 4.12. The van der Waals surface area contributed by atoms with Crippen LogP contribution in [0, 0.1) is 31.6 Å². The molecule has 0 spiro atoms. The summed E-state index contributed by atoms with van der Waals surface area (Å²) in [6.07, 6.45) is 4.46. The predicted molar refractivity (Wildman–Crippen MR) is 88.8 cm³/mol. The van der Waals surface area contributed by atoms with Crippen molar-refractivity contribution < 1.29 is 9.85 Å². The molecule has 7 nitrogen and oxygen atoms in total. The Bertz CT molecular complexity index is 895. The lowest BCUT2D eigenvalue weighted by Crippen LogP contribution is -1.90. The third kappa shape index (κ3) is 3.90. The molecule has 0 amide bonds. The molecular formula is C17H11N3O4. The van der Waals surface area contributed by atoms with Gasteiger partial charge in [-0.15, -0.1) is 0 Å². The van der Waals surface area contributed by atoms with Gasteiger partial charge in [-0.25, -0.2) is 0 Å². The fourth-order valence-corrected chi connectivity index (χ4v) is 2.03. The molecule has 0 aliphatic heterocycles. The third-order valence-electron chi connectivity index (χ3n) is 3.16. The topological polar surface area (TPSA) is 110 Å². The van der Waals surface area contributed by atoms with Crippen molar-refractivity contribution in [1.82, 2.24) is 0 Å². The van der Waals surface area contributed by atoms with Crippen LogP contribution in [0.1, 0.15) is 11.1 Å². The van der Waals surface area contributed by atoms with E-state index in [-0.39, 0.29) is 16.9 Å². The molecule has 0 saturated carbocycles. The van der Waals surface area contributed by atoms with Crippen LogP contribution in [0.5, 0.6) is 0 Å². The molecule has 0 unspecified atom stereocenters. The van der Waals surface area contributed by atoms with E-state index in [1.807, 2.05) is 6.07 Å². The largest absolute Gasteiger partial charge is 0.276 e. The van der Waals surface area contributed by atoms with Crippen molar-refractivity contribution in [2.24, 2.45) is 0 Å². The summed E-state index contributed by atoms with van der Waals surface area (Å²) in [5.74, 6) is 0. The zero-order chi connectivity index (χ0) is 17.5. The highest BCUT2D eigenvalue weighted by Crippen LogP contribution is 2.21. The summed E-state index contributed by atoms with van der Waals surface area (Å²) < 4.78 is 0. The molecule has 0 fully saturated rings. The van der Waals surface area contributed by atoms with Crippen LogP contribution in [0.2, 0.25) is 0 Å². The van der Waals surface area contributed by atoms with Crippen LogP contribution in [0.4, 0.5) is 11.4 Å². The summed E-state index contributed by atoms with van der Waals surface area (Å²) in [7, 11) is 0. The normalized spacial score (nSPS) is 11.2. The Morgan fingerprint density at radius 1 is 1.04 bits per heavy atom. The number of nitro groups is 2. The van der Waals surface area contributed by atoms with Crippen molar-refractivity contribution >= 4 is 23.0 Å². The van der Waals surface area contributed by atoms with E-state index in [2.05, 4.69) is 0 Å². The van der Waals surface area contributed by atoms with E-state index in [4.69, 9.17) is 0 Å². The van der Waals surface area contributed by atoms with E-state index in [0.717, 1.165) is 0 Å². The van der Waals surface area contributed by atoms with Gasteiger partial charge in [-0.1, -0.05) is 30.3 Å². The van der Waals surface area contributed by atoms with E-state index >= 15 is 0 Å². The van der Waals surface area contributed by atoms with Crippen LogP contribution >= 0.6 is 0 Å². The first-order valence-electron chi connectivity index (χ1n) is 6.79. The second-order valence-electron chi connectivity index (χ2n) is 4.67. The van der Waals surface area contributed by atoms with Gasteiger partial charge in [-0.05, 0) is 23.8 Å². The van der Waals surface area contributed by atoms with E-state index in [1.54, 1.807) is 24.3 Å². The molecule has 118 valence electrons. The first-order valence-corrected chi connectivity index (χ1v) is 6.79. The van der Waals surface area contributed by atoms with Gasteiger partial charge < -0.3 is 0 Å². The molecule has 0 radical (unpaired) electrons. The van der Waals surface area contributed by atoms with Crippen LogP contribution in [-0.4, -0.2) is 9.85 Å². The number of rotatable bonds is 5. The number of para-hydroxylation sites is 1. The Morgan fingerprint density at radius 2 is 1.79 bits per heavy atom. The Balaban J connectivity index is 2.33. The Kier molecular flexibility index (Phi) is 5.16. The van der Waals surface area contributed by atoms with E-state index in [0.29, 0.717) is 11.1 Å². The van der Waals surface area contributed by atoms with E-state index < -0.39 is 9.85 Å². The van der Waals surface area contributed by atoms with Gasteiger partial charge in [-0.3, -0.25) is 20.2 Å². The summed E-state index contributed by atoms with van der Waals surface area (Å²) in [6.45, 7) is 0. The molecule has 0 atom stereocenters. The van der Waals surface area contributed by atoms with Gasteiger partial charge >= 0.3 is 0 Å². The standard InChI is InChI=1S/C17H11N3O4/c18-12-15(14-7-4-9-16(11-14)19(21)22)8-3-6-13-5-1-2-10-17(13)20(23)24/h1-11H. The molecule has 24 heavy (non-hydrogen) atoms. The number of benzene rings is 2. The summed E-state index contributed by atoms with van der Waals surface area (Å²) >= 11 is 0. The van der Waals surface area contributed by atoms with Crippen LogP contribution in [0.3, 0.4) is 0 Å². The minimum atomic E-state index is -0.540. The van der Waals surface area contributed by atoms with Gasteiger partial charge in [0.05, 0.1) is 27.1 Å². The molecule has 0 saturated heterocycles. The maximum absolute atomic E-state index is 10.9. The Labute approximate surface area is 137 Å². The van der Waals surface area contributed by atoms with Crippen LogP contribution in [0.15, 0.2) is 60.7 Å². The fourth-order valence-electron chi connectivity index (χ4n) is 2.03. The first kappa shape index (κ1) is 16.6. The van der Waals surface area contributed by atoms with Crippen LogP contribution in [-0.2, 0) is 0 Å². The zero-order valence-corrected chi connectivity index (χ0v) is 12.3. The highest BCUT2D eigenvalue weighted by molar-refractivity contribution is 5.79. The molecule has 0 aliphatic carbocycles. The lowest BCUT2D eigenvalue weighted by atomic mass is 10.1. The second kappa shape index (κ2) is 7.47. The lowest BCUT2D eigenvalue weighted by molar-refractivity contribution is -0.385. The molecule has 2 rings (SSSR count). The number of nitrogens with zero attached hydrogens (tertiary/aromatic N) is 3. The van der Waals surface area contributed by atoms with Crippen molar-refractivity contribution in [3.05, 3.63) is 92.0 Å². The SMILES string of the molecule is N#CC(=CC=Cc1ccccc1[N+](=O)[O-])c1cccc([N+](=O)[O-])c1. The molecule has 7 heteroatoms. The van der Waals surface area contributed by atoms with Crippen molar-refractivity contribution in [1.29, 1.82) is 5.26 Å². The summed E-state index contributed by atoms with van der Waals surface area (Å²) in [4.78, 5) is 20.7. The van der Waals surface area contributed by atoms with Crippen LogP contribution in [0.25, 0.3) is 11.6 Å². The van der Waals surface area contributed by atoms with Crippen molar-refractivity contribution in [2.75, 3.05) is 0 Å². The van der Waals surface area contributed by atoms with Gasteiger partial charge in [0.2, 0.25) is 0 Å². The number of allylic oxidation sites excluding steroid dienone is 3. The number of hydrogen-bond donors (Lipinski definition) is 0. The maximum atomic E-state index is 10.9. The molecule has 0 aliphatic rings. The maximum Gasteiger partial charge on any atom is 0.276 e. The minimum Gasteiger partial charge on any atom is -0.258 e. The average Bonchev–Trinajstić information content (AvgIpc) is 2.59. The molecular weight excluding hydrogens is 310 g/mol. The molecule has 2 aromatic rings. The number of nitro benzene ring substituents is 2. The third-order valence-corrected chi connectivity index (χ3v) is 3.16. The highest BCUT2D eigenvalue weighted by Gasteiger charge is 2.10. The Hall–Kier alpha value is -3.79. The molecule has 2 aromatic carbocycles. The zero-order valence-electron chi connectivity index (χ0n) is 12.3. The monoisotopic (exact) mass is 321 g/mol. The first-order chi connectivity index (χ1) is 11.5. The van der Waals surface area contributed by atoms with Crippen LogP contribution < -0.4 is 0 Å². The summed E-state index contributed by atoms with van der Waals surface area (Å²) in [5, 5.41) is 30.9. The van der Waals surface area contributed by atoms with E-state index in [9.17, 15) is 25.5 Å². The van der Waals surface area contributed by atoms with Gasteiger partial charge in [0, 0.05) is 18.2 Å². The molecule has 0 heterocycles. The molecule has 0 aromatic heterocycles. The number of nitriles is 1. The minimum absolute atomic E-state index is 0.0454.